The van der Waals surface area contributed by atoms with Crippen molar-refractivity contribution in [1.82, 2.24) is 19.8 Å². The molecule has 0 spiro atoms. The molecule has 7 nitrogen and oxygen atoms in total. The van der Waals surface area contributed by atoms with Gasteiger partial charge in [-0.1, -0.05) is 18.2 Å². The molecule has 28 heavy (non-hydrogen) atoms. The normalized spacial score (nSPS) is 18.7. The fraction of sp³-hybridized carbons (Fsp3) is 0.429. The van der Waals surface area contributed by atoms with Crippen LogP contribution in [0, 0.1) is 0 Å². The van der Waals surface area contributed by atoms with E-state index in [4.69, 9.17) is 9.97 Å². The van der Waals surface area contributed by atoms with Crippen LogP contribution in [0.4, 0.5) is 5.82 Å². The fourth-order valence-corrected chi connectivity index (χ4v) is 4.10. The predicted molar refractivity (Wildman–Crippen MR) is 106 cm³/mol. The quantitative estimate of drug-likeness (QED) is 0.886. The highest BCUT2D eigenvalue weighted by Gasteiger charge is 2.34. The van der Waals surface area contributed by atoms with Gasteiger partial charge in [0, 0.05) is 38.2 Å². The molecular weight excluding hydrogens is 354 g/mol. The monoisotopic (exact) mass is 379 g/mol. The van der Waals surface area contributed by atoms with Gasteiger partial charge in [-0.25, -0.2) is 9.97 Å². The SMILES string of the molecule is CNc1nc([C@H]2CCCN2C(=O)c2ccccc2)nc2c1CCN(C(C)=O)C2. The van der Waals surface area contributed by atoms with Gasteiger partial charge in [0.15, 0.2) is 5.82 Å². The van der Waals surface area contributed by atoms with E-state index in [2.05, 4.69) is 5.32 Å². The smallest absolute Gasteiger partial charge is 0.254 e. The second-order valence-corrected chi connectivity index (χ2v) is 7.32. The average molecular weight is 379 g/mol. The number of amides is 2. The molecule has 0 saturated carbocycles. The number of hydrogen-bond donors (Lipinski definition) is 1. The molecule has 1 fully saturated rings. The highest BCUT2D eigenvalue weighted by Crippen LogP contribution is 2.34. The molecule has 7 heteroatoms. The van der Waals surface area contributed by atoms with E-state index in [1.54, 1.807) is 11.8 Å². The van der Waals surface area contributed by atoms with Gasteiger partial charge in [-0.05, 0) is 31.4 Å². The summed E-state index contributed by atoms with van der Waals surface area (Å²) < 4.78 is 0. The summed E-state index contributed by atoms with van der Waals surface area (Å²) >= 11 is 0. The van der Waals surface area contributed by atoms with Gasteiger partial charge in [0.05, 0.1) is 18.3 Å². The molecule has 2 aromatic rings. The second-order valence-electron chi connectivity index (χ2n) is 7.32. The molecule has 0 unspecified atom stereocenters. The summed E-state index contributed by atoms with van der Waals surface area (Å²) in [6.45, 7) is 3.46. The lowest BCUT2D eigenvalue weighted by atomic mass is 10.0. The van der Waals surface area contributed by atoms with E-state index < -0.39 is 0 Å². The van der Waals surface area contributed by atoms with E-state index in [0.29, 0.717) is 31.0 Å². The Morgan fingerprint density at radius 2 is 1.93 bits per heavy atom. The zero-order valence-corrected chi connectivity index (χ0v) is 16.3. The van der Waals surface area contributed by atoms with Crippen molar-refractivity contribution in [1.29, 1.82) is 0 Å². The molecule has 4 rings (SSSR count). The van der Waals surface area contributed by atoms with Crippen molar-refractivity contribution in [2.24, 2.45) is 0 Å². The van der Waals surface area contributed by atoms with Crippen LogP contribution in [0.15, 0.2) is 30.3 Å². The highest BCUT2D eigenvalue weighted by atomic mass is 16.2. The first kappa shape index (κ1) is 18.4. The minimum Gasteiger partial charge on any atom is -0.373 e. The van der Waals surface area contributed by atoms with Crippen molar-refractivity contribution in [3.05, 3.63) is 53.0 Å². The molecule has 1 aromatic carbocycles. The largest absolute Gasteiger partial charge is 0.373 e. The van der Waals surface area contributed by atoms with E-state index in [1.807, 2.05) is 42.3 Å². The molecule has 2 aliphatic heterocycles. The fourth-order valence-electron chi connectivity index (χ4n) is 4.10. The summed E-state index contributed by atoms with van der Waals surface area (Å²) in [7, 11) is 1.85. The summed E-state index contributed by atoms with van der Waals surface area (Å²) in [5.41, 5.74) is 2.64. The maximum atomic E-state index is 13.0. The Hall–Kier alpha value is -2.96. The lowest BCUT2D eigenvalue weighted by Gasteiger charge is -2.30. The van der Waals surface area contributed by atoms with Gasteiger partial charge in [0.2, 0.25) is 5.91 Å². The minimum absolute atomic E-state index is 0.0146. The number of benzene rings is 1. The number of nitrogens with zero attached hydrogens (tertiary/aromatic N) is 4. The van der Waals surface area contributed by atoms with Crippen LogP contribution < -0.4 is 5.32 Å². The number of carbonyl (C=O) groups excluding carboxylic acids is 2. The van der Waals surface area contributed by atoms with E-state index in [-0.39, 0.29) is 17.9 Å². The van der Waals surface area contributed by atoms with Crippen LogP contribution in [0.3, 0.4) is 0 Å². The van der Waals surface area contributed by atoms with Crippen molar-refractivity contribution < 1.29 is 9.59 Å². The lowest BCUT2D eigenvalue weighted by molar-refractivity contribution is -0.129. The van der Waals surface area contributed by atoms with Crippen LogP contribution in [-0.4, -0.2) is 51.7 Å². The molecule has 0 bridgehead atoms. The summed E-state index contributed by atoms with van der Waals surface area (Å²) in [6, 6.07) is 9.21. The minimum atomic E-state index is -0.141. The number of nitrogens with one attached hydrogen (secondary N) is 1. The molecule has 1 aromatic heterocycles. The number of anilines is 1. The van der Waals surface area contributed by atoms with E-state index >= 15 is 0 Å². The third-order valence-corrected chi connectivity index (χ3v) is 5.60. The maximum Gasteiger partial charge on any atom is 0.254 e. The molecule has 3 heterocycles. The first-order valence-corrected chi connectivity index (χ1v) is 9.77. The van der Waals surface area contributed by atoms with E-state index in [9.17, 15) is 9.59 Å². The second kappa shape index (κ2) is 7.58. The van der Waals surface area contributed by atoms with Crippen molar-refractivity contribution >= 4 is 17.6 Å². The summed E-state index contributed by atoms with van der Waals surface area (Å²) in [6.07, 6.45) is 2.51. The third kappa shape index (κ3) is 3.32. The van der Waals surface area contributed by atoms with E-state index in [0.717, 1.165) is 36.3 Å². The molecule has 2 amide bonds. The van der Waals surface area contributed by atoms with Gasteiger partial charge in [-0.2, -0.15) is 0 Å². The Bertz CT molecular complexity index is 899. The first-order valence-electron chi connectivity index (χ1n) is 9.77. The standard InChI is InChI=1S/C21H25N5O2/c1-14(27)25-12-10-16-17(13-25)23-20(24-19(16)22-2)18-9-6-11-26(18)21(28)15-7-4-3-5-8-15/h3-5,7-8,18H,6,9-13H2,1-2H3,(H,22,23,24)/t18-/m1/s1. The Morgan fingerprint density at radius 1 is 1.14 bits per heavy atom. The van der Waals surface area contributed by atoms with Crippen LogP contribution in [-0.2, 0) is 17.8 Å². The van der Waals surface area contributed by atoms with Crippen LogP contribution in [0.1, 0.15) is 53.2 Å². The number of hydrogen-bond acceptors (Lipinski definition) is 5. The Labute approximate surface area is 164 Å². The Kier molecular flexibility index (Phi) is 4.98. The van der Waals surface area contributed by atoms with Crippen LogP contribution in [0.2, 0.25) is 0 Å². The number of aromatic nitrogens is 2. The van der Waals surface area contributed by atoms with E-state index in [1.165, 1.54) is 0 Å². The molecular formula is C21H25N5O2. The van der Waals surface area contributed by atoms with Crippen LogP contribution >= 0.6 is 0 Å². The van der Waals surface area contributed by atoms with Crippen molar-refractivity contribution in [3.63, 3.8) is 0 Å². The van der Waals surface area contributed by atoms with Crippen molar-refractivity contribution in [2.75, 3.05) is 25.5 Å². The summed E-state index contributed by atoms with van der Waals surface area (Å²) in [5.74, 6) is 1.54. The topological polar surface area (TPSA) is 78.4 Å². The number of likely N-dealkylation sites (tertiary alicyclic amines) is 1. The highest BCUT2D eigenvalue weighted by molar-refractivity contribution is 5.94. The lowest BCUT2D eigenvalue weighted by Crippen LogP contribution is -2.36. The van der Waals surface area contributed by atoms with Gasteiger partial charge in [0.25, 0.3) is 5.91 Å². The zero-order valence-electron chi connectivity index (χ0n) is 16.3. The zero-order chi connectivity index (χ0) is 19.7. The van der Waals surface area contributed by atoms with Gasteiger partial charge >= 0.3 is 0 Å². The van der Waals surface area contributed by atoms with Gasteiger partial charge in [-0.3, -0.25) is 9.59 Å². The van der Waals surface area contributed by atoms with Crippen LogP contribution in [0.25, 0.3) is 0 Å². The Morgan fingerprint density at radius 3 is 2.64 bits per heavy atom. The predicted octanol–water partition coefficient (Wildman–Crippen LogP) is 2.40. The van der Waals surface area contributed by atoms with Gasteiger partial charge in [0.1, 0.15) is 5.82 Å². The summed E-state index contributed by atoms with van der Waals surface area (Å²) in [4.78, 5) is 38.1. The molecule has 1 saturated heterocycles. The Balaban J connectivity index is 1.67. The maximum absolute atomic E-state index is 13.0. The van der Waals surface area contributed by atoms with Gasteiger partial charge in [-0.15, -0.1) is 0 Å². The molecule has 1 N–H and O–H groups in total. The molecule has 1 atom stereocenters. The number of fused-ring (bicyclic) bond motifs is 1. The molecule has 2 aliphatic rings. The number of rotatable bonds is 3. The van der Waals surface area contributed by atoms with Crippen LogP contribution in [0.5, 0.6) is 0 Å². The van der Waals surface area contributed by atoms with Crippen molar-refractivity contribution in [3.8, 4) is 0 Å². The average Bonchev–Trinajstić information content (AvgIpc) is 3.22. The molecule has 0 radical (unpaired) electrons. The summed E-state index contributed by atoms with van der Waals surface area (Å²) in [5, 5.41) is 3.18. The molecule has 0 aliphatic carbocycles. The number of carbonyl (C=O) groups is 2. The first-order chi connectivity index (χ1) is 13.6. The van der Waals surface area contributed by atoms with Gasteiger partial charge < -0.3 is 15.1 Å². The third-order valence-electron chi connectivity index (χ3n) is 5.60. The molecule has 146 valence electrons. The van der Waals surface area contributed by atoms with Crippen molar-refractivity contribution in [2.45, 2.75) is 38.8 Å².